The molecule has 1 atom stereocenters. The number of rotatable bonds is 2. The molecule has 1 saturated heterocycles. The van der Waals surface area contributed by atoms with Crippen molar-refractivity contribution in [3.05, 3.63) is 59.2 Å². The number of carbonyl (C=O) groups is 1. The molecule has 1 unspecified atom stereocenters. The molecule has 148 valence electrons. The molecule has 2 aliphatic rings. The van der Waals surface area contributed by atoms with E-state index in [2.05, 4.69) is 0 Å². The van der Waals surface area contributed by atoms with Gasteiger partial charge in [0, 0.05) is 29.7 Å². The number of hydrogen-bond donors (Lipinski definition) is 0. The fourth-order valence-corrected chi connectivity index (χ4v) is 4.56. The molecule has 2 aromatic carbocycles. The SMILES string of the molecule is O=C(c1ccc(C(F)(F)F)cc1)N1CCSC(c2ccc3c(c2)OCO3)CC1. The first kappa shape index (κ1) is 19.0. The summed E-state index contributed by atoms with van der Waals surface area (Å²) in [7, 11) is 0. The van der Waals surface area contributed by atoms with Crippen LogP contribution in [0.3, 0.4) is 0 Å². The first-order valence-corrected chi connectivity index (χ1v) is 9.94. The minimum atomic E-state index is -4.40. The number of ether oxygens (including phenoxy) is 2. The van der Waals surface area contributed by atoms with Crippen molar-refractivity contribution in [2.45, 2.75) is 17.8 Å². The topological polar surface area (TPSA) is 38.8 Å². The van der Waals surface area contributed by atoms with Gasteiger partial charge in [-0.2, -0.15) is 24.9 Å². The van der Waals surface area contributed by atoms with Crippen molar-refractivity contribution >= 4 is 17.7 Å². The number of carbonyl (C=O) groups excluding carboxylic acids is 1. The summed E-state index contributed by atoms with van der Waals surface area (Å²) in [5.41, 5.74) is 0.649. The number of amides is 1. The maximum Gasteiger partial charge on any atom is 0.416 e. The zero-order chi connectivity index (χ0) is 19.7. The Bertz CT molecular complexity index is 870. The van der Waals surface area contributed by atoms with Crippen LogP contribution in [0.15, 0.2) is 42.5 Å². The van der Waals surface area contributed by atoms with E-state index < -0.39 is 11.7 Å². The van der Waals surface area contributed by atoms with Gasteiger partial charge in [-0.15, -0.1) is 0 Å². The van der Waals surface area contributed by atoms with Gasteiger partial charge in [-0.3, -0.25) is 4.79 Å². The Kier molecular flexibility index (Phi) is 5.14. The molecule has 4 nitrogen and oxygen atoms in total. The van der Waals surface area contributed by atoms with E-state index in [1.54, 1.807) is 16.7 Å². The molecule has 28 heavy (non-hydrogen) atoms. The van der Waals surface area contributed by atoms with Gasteiger partial charge in [0.1, 0.15) is 0 Å². The first-order valence-electron chi connectivity index (χ1n) is 8.89. The second-order valence-electron chi connectivity index (χ2n) is 6.63. The lowest BCUT2D eigenvalue weighted by molar-refractivity contribution is -0.137. The highest BCUT2D eigenvalue weighted by atomic mass is 32.2. The summed E-state index contributed by atoms with van der Waals surface area (Å²) in [6.07, 6.45) is -3.64. The summed E-state index contributed by atoms with van der Waals surface area (Å²) in [6, 6.07) is 10.3. The highest BCUT2D eigenvalue weighted by Gasteiger charge is 2.31. The second-order valence-corrected chi connectivity index (χ2v) is 7.94. The standard InChI is InChI=1S/C20H18F3NO3S/c21-20(22,23)15-4-1-13(2-5-15)19(25)24-8-7-18(28-10-9-24)14-3-6-16-17(11-14)27-12-26-16/h1-6,11,18H,7-10,12H2. The van der Waals surface area contributed by atoms with Crippen LogP contribution in [0.4, 0.5) is 13.2 Å². The number of thioether (sulfide) groups is 1. The normalized spacial score (nSPS) is 19.4. The van der Waals surface area contributed by atoms with E-state index in [1.807, 2.05) is 18.2 Å². The number of benzene rings is 2. The van der Waals surface area contributed by atoms with Crippen molar-refractivity contribution in [2.75, 3.05) is 25.6 Å². The molecule has 4 rings (SSSR count). The van der Waals surface area contributed by atoms with Crippen molar-refractivity contribution in [3.63, 3.8) is 0 Å². The lowest BCUT2D eigenvalue weighted by Crippen LogP contribution is -2.33. The minimum absolute atomic E-state index is 0.222. The highest BCUT2D eigenvalue weighted by Crippen LogP contribution is 2.40. The van der Waals surface area contributed by atoms with Crippen molar-refractivity contribution in [1.82, 2.24) is 4.90 Å². The van der Waals surface area contributed by atoms with Crippen LogP contribution in [0.5, 0.6) is 11.5 Å². The largest absolute Gasteiger partial charge is 0.454 e. The average Bonchev–Trinajstić information content (AvgIpc) is 3.01. The Labute approximate surface area is 164 Å². The molecule has 0 N–H and O–H groups in total. The number of nitrogens with zero attached hydrogens (tertiary/aromatic N) is 1. The Morgan fingerprint density at radius 3 is 2.54 bits per heavy atom. The predicted molar refractivity (Wildman–Crippen MR) is 99.7 cm³/mol. The summed E-state index contributed by atoms with van der Waals surface area (Å²) in [5.74, 6) is 1.99. The van der Waals surface area contributed by atoms with E-state index in [-0.39, 0.29) is 23.5 Å². The molecule has 0 spiro atoms. The van der Waals surface area contributed by atoms with E-state index in [0.717, 1.165) is 41.4 Å². The average molecular weight is 409 g/mol. The van der Waals surface area contributed by atoms with Crippen LogP contribution in [-0.2, 0) is 6.18 Å². The van der Waals surface area contributed by atoms with Gasteiger partial charge < -0.3 is 14.4 Å². The fraction of sp³-hybridized carbons (Fsp3) is 0.350. The van der Waals surface area contributed by atoms with Crippen LogP contribution in [-0.4, -0.2) is 36.4 Å². The van der Waals surface area contributed by atoms with Crippen LogP contribution >= 0.6 is 11.8 Å². The molecule has 1 fully saturated rings. The van der Waals surface area contributed by atoms with Gasteiger partial charge in [0.05, 0.1) is 5.56 Å². The number of alkyl halides is 3. The Hall–Kier alpha value is -2.35. The van der Waals surface area contributed by atoms with E-state index in [0.29, 0.717) is 13.1 Å². The monoisotopic (exact) mass is 409 g/mol. The van der Waals surface area contributed by atoms with Crippen LogP contribution in [0.1, 0.15) is 33.2 Å². The Morgan fingerprint density at radius 1 is 1.04 bits per heavy atom. The molecule has 2 aromatic rings. The van der Waals surface area contributed by atoms with E-state index >= 15 is 0 Å². The highest BCUT2D eigenvalue weighted by molar-refractivity contribution is 7.99. The molecule has 2 aliphatic heterocycles. The van der Waals surface area contributed by atoms with Gasteiger partial charge in [0.25, 0.3) is 5.91 Å². The molecule has 0 bridgehead atoms. The van der Waals surface area contributed by atoms with Crippen LogP contribution in [0, 0.1) is 0 Å². The number of hydrogen-bond acceptors (Lipinski definition) is 4. The van der Waals surface area contributed by atoms with Gasteiger partial charge in [-0.05, 0) is 48.4 Å². The Morgan fingerprint density at radius 2 is 1.79 bits per heavy atom. The quantitative estimate of drug-likeness (QED) is 0.717. The smallest absolute Gasteiger partial charge is 0.416 e. The molecule has 0 aromatic heterocycles. The van der Waals surface area contributed by atoms with Crippen molar-refractivity contribution < 1.29 is 27.4 Å². The summed E-state index contributed by atoms with van der Waals surface area (Å²) >= 11 is 1.77. The van der Waals surface area contributed by atoms with E-state index in [4.69, 9.17) is 9.47 Å². The molecular formula is C20H18F3NO3S. The summed E-state index contributed by atoms with van der Waals surface area (Å²) in [5, 5.41) is 0.222. The zero-order valence-electron chi connectivity index (χ0n) is 14.9. The van der Waals surface area contributed by atoms with Gasteiger partial charge in [-0.1, -0.05) is 6.07 Å². The lowest BCUT2D eigenvalue weighted by Gasteiger charge is -2.20. The summed E-state index contributed by atoms with van der Waals surface area (Å²) in [4.78, 5) is 14.4. The molecule has 2 heterocycles. The minimum Gasteiger partial charge on any atom is -0.454 e. The second kappa shape index (κ2) is 7.58. The molecule has 0 saturated carbocycles. The first-order chi connectivity index (χ1) is 13.4. The lowest BCUT2D eigenvalue weighted by atomic mass is 10.1. The summed E-state index contributed by atoms with van der Waals surface area (Å²) < 4.78 is 48.9. The Balaban J connectivity index is 1.43. The third kappa shape index (κ3) is 3.92. The molecule has 0 aliphatic carbocycles. The predicted octanol–water partition coefficient (Wildman–Crippen LogP) is 4.75. The van der Waals surface area contributed by atoms with Gasteiger partial charge in [0.15, 0.2) is 11.5 Å². The molecule has 8 heteroatoms. The van der Waals surface area contributed by atoms with Crippen LogP contribution in [0.2, 0.25) is 0 Å². The molecule has 0 radical (unpaired) electrons. The number of fused-ring (bicyclic) bond motifs is 1. The van der Waals surface area contributed by atoms with Crippen LogP contribution in [0.25, 0.3) is 0 Å². The van der Waals surface area contributed by atoms with Gasteiger partial charge in [-0.25, -0.2) is 0 Å². The number of halogens is 3. The third-order valence-electron chi connectivity index (χ3n) is 4.86. The van der Waals surface area contributed by atoms with Crippen molar-refractivity contribution in [2.24, 2.45) is 0 Å². The summed E-state index contributed by atoms with van der Waals surface area (Å²) in [6.45, 7) is 1.34. The zero-order valence-corrected chi connectivity index (χ0v) is 15.7. The van der Waals surface area contributed by atoms with Gasteiger partial charge in [0.2, 0.25) is 6.79 Å². The maximum atomic E-state index is 12.7. The van der Waals surface area contributed by atoms with Crippen LogP contribution < -0.4 is 9.47 Å². The van der Waals surface area contributed by atoms with E-state index in [9.17, 15) is 18.0 Å². The van der Waals surface area contributed by atoms with Crippen molar-refractivity contribution in [3.8, 4) is 11.5 Å². The maximum absolute atomic E-state index is 12.7. The fourth-order valence-electron chi connectivity index (χ4n) is 3.34. The van der Waals surface area contributed by atoms with Crippen molar-refractivity contribution in [1.29, 1.82) is 0 Å². The molecule has 1 amide bonds. The molecular weight excluding hydrogens is 391 g/mol. The third-order valence-corrected chi connectivity index (χ3v) is 6.18. The van der Waals surface area contributed by atoms with Gasteiger partial charge >= 0.3 is 6.18 Å². The van der Waals surface area contributed by atoms with E-state index in [1.165, 1.54) is 12.1 Å².